The van der Waals surface area contributed by atoms with Crippen LogP contribution in [0.5, 0.6) is 0 Å². The standard InChI is InChI=1S/C24H22F5N5O3S/c1-32-19(24(27,28)29)10-20(35)34(32)11-21(36)33-7-5-13(6-8-33)23-30-17(12-38-23)16-9-18(37-31-16)22-14(25)3-2-4-15(22)26/h2-4,10,12-13,18H,5-9,11H2,1H3. The van der Waals surface area contributed by atoms with Crippen LogP contribution in [-0.4, -0.2) is 44.0 Å². The number of hydrogen-bond acceptors (Lipinski definition) is 6. The number of oxime groups is 1. The Bertz CT molecular complexity index is 1430. The summed E-state index contributed by atoms with van der Waals surface area (Å²) in [4.78, 5) is 36.2. The maximum Gasteiger partial charge on any atom is 0.433 e. The molecule has 5 rings (SSSR count). The number of carbonyl (C=O) groups is 1. The summed E-state index contributed by atoms with van der Waals surface area (Å²) in [6, 6.07) is 4.08. The molecule has 14 heteroatoms. The van der Waals surface area contributed by atoms with Crippen molar-refractivity contribution in [1.29, 1.82) is 0 Å². The van der Waals surface area contributed by atoms with E-state index in [0.29, 0.717) is 48.1 Å². The van der Waals surface area contributed by atoms with E-state index in [1.807, 2.05) is 0 Å². The lowest BCUT2D eigenvalue weighted by molar-refractivity contribution is -0.145. The smallest absolute Gasteiger partial charge is 0.387 e. The second-order valence-corrected chi connectivity index (χ2v) is 10.0. The molecule has 0 bridgehead atoms. The molecule has 0 N–H and O–H groups in total. The average molecular weight is 556 g/mol. The predicted octanol–water partition coefficient (Wildman–Crippen LogP) is 4.21. The van der Waals surface area contributed by atoms with E-state index >= 15 is 0 Å². The van der Waals surface area contributed by atoms with Gasteiger partial charge in [0.1, 0.15) is 29.6 Å². The number of likely N-dealkylation sites (tertiary alicyclic amines) is 1. The van der Waals surface area contributed by atoms with Gasteiger partial charge in [0.05, 0.1) is 16.3 Å². The Morgan fingerprint density at radius 2 is 1.87 bits per heavy atom. The molecule has 4 heterocycles. The maximum atomic E-state index is 14.1. The van der Waals surface area contributed by atoms with E-state index in [9.17, 15) is 31.5 Å². The minimum Gasteiger partial charge on any atom is -0.387 e. The summed E-state index contributed by atoms with van der Waals surface area (Å²) >= 11 is 1.41. The largest absolute Gasteiger partial charge is 0.433 e. The molecule has 1 amide bonds. The monoisotopic (exact) mass is 555 g/mol. The van der Waals surface area contributed by atoms with Crippen molar-refractivity contribution >= 4 is 23.0 Å². The van der Waals surface area contributed by atoms with E-state index < -0.39 is 47.6 Å². The van der Waals surface area contributed by atoms with Gasteiger partial charge in [-0.15, -0.1) is 11.3 Å². The number of piperidine rings is 1. The molecule has 8 nitrogen and oxygen atoms in total. The van der Waals surface area contributed by atoms with Crippen molar-refractivity contribution in [1.82, 2.24) is 19.2 Å². The van der Waals surface area contributed by atoms with Crippen molar-refractivity contribution in [3.63, 3.8) is 0 Å². The quantitative estimate of drug-likeness (QED) is 0.442. The lowest BCUT2D eigenvalue weighted by Gasteiger charge is -2.31. The number of rotatable bonds is 5. The number of thiazole rings is 1. The van der Waals surface area contributed by atoms with Gasteiger partial charge in [0.25, 0.3) is 5.56 Å². The van der Waals surface area contributed by atoms with E-state index in [0.717, 1.165) is 28.9 Å². The topological polar surface area (TPSA) is 81.7 Å². The molecule has 38 heavy (non-hydrogen) atoms. The maximum absolute atomic E-state index is 14.1. The van der Waals surface area contributed by atoms with Gasteiger partial charge >= 0.3 is 6.18 Å². The predicted molar refractivity (Wildman–Crippen MR) is 127 cm³/mol. The number of aromatic nitrogens is 3. The highest BCUT2D eigenvalue weighted by Crippen LogP contribution is 2.35. The van der Waals surface area contributed by atoms with Crippen molar-refractivity contribution in [2.45, 2.75) is 44.0 Å². The highest BCUT2D eigenvalue weighted by Gasteiger charge is 2.36. The second kappa shape index (κ2) is 9.97. The zero-order valence-electron chi connectivity index (χ0n) is 20.0. The summed E-state index contributed by atoms with van der Waals surface area (Å²) in [7, 11) is 1.10. The van der Waals surface area contributed by atoms with Crippen LogP contribution in [0.25, 0.3) is 0 Å². The van der Waals surface area contributed by atoms with E-state index in [2.05, 4.69) is 10.1 Å². The highest BCUT2D eigenvalue weighted by molar-refractivity contribution is 7.10. The number of carbonyl (C=O) groups excluding carboxylic acids is 1. The van der Waals surface area contributed by atoms with Gasteiger partial charge < -0.3 is 9.74 Å². The van der Waals surface area contributed by atoms with Crippen LogP contribution in [0.4, 0.5) is 22.0 Å². The molecule has 3 aromatic rings. The number of benzene rings is 1. The summed E-state index contributed by atoms with van der Waals surface area (Å²) in [5, 5.41) is 6.61. The number of amides is 1. The molecule has 1 fully saturated rings. The minimum atomic E-state index is -4.70. The van der Waals surface area contributed by atoms with Crippen molar-refractivity contribution in [2.24, 2.45) is 12.2 Å². The first kappa shape index (κ1) is 26.1. The molecule has 0 aliphatic carbocycles. The number of alkyl halides is 3. The Kier molecular flexibility index (Phi) is 6.84. The van der Waals surface area contributed by atoms with Crippen LogP contribution < -0.4 is 5.56 Å². The summed E-state index contributed by atoms with van der Waals surface area (Å²) in [6.07, 6.45) is -4.24. The van der Waals surface area contributed by atoms with E-state index in [1.54, 1.807) is 5.38 Å². The van der Waals surface area contributed by atoms with Crippen molar-refractivity contribution in [2.75, 3.05) is 13.1 Å². The fourth-order valence-corrected chi connectivity index (χ4v) is 5.73. The first-order chi connectivity index (χ1) is 18.0. The van der Waals surface area contributed by atoms with Gasteiger partial charge in [0.2, 0.25) is 5.91 Å². The summed E-state index contributed by atoms with van der Waals surface area (Å²) in [5.74, 6) is -1.80. The third-order valence-corrected chi connectivity index (χ3v) is 7.81. The van der Waals surface area contributed by atoms with Crippen molar-refractivity contribution in [3.05, 3.63) is 73.6 Å². The summed E-state index contributed by atoms with van der Waals surface area (Å²) in [6.45, 7) is 0.242. The highest BCUT2D eigenvalue weighted by atomic mass is 32.1. The molecule has 2 aliphatic rings. The summed E-state index contributed by atoms with van der Waals surface area (Å²) in [5.41, 5.74) is -1.13. The Morgan fingerprint density at radius 1 is 1.18 bits per heavy atom. The van der Waals surface area contributed by atoms with Gasteiger partial charge in [-0.1, -0.05) is 11.2 Å². The summed E-state index contributed by atoms with van der Waals surface area (Å²) < 4.78 is 68.8. The Labute approximate surface area is 216 Å². The number of nitrogens with zero attached hydrogens (tertiary/aromatic N) is 5. The average Bonchev–Trinajstić information content (AvgIpc) is 3.60. The molecular formula is C24H22F5N5O3S. The lowest BCUT2D eigenvalue weighted by atomic mass is 9.97. The molecule has 202 valence electrons. The lowest BCUT2D eigenvalue weighted by Crippen LogP contribution is -2.41. The van der Waals surface area contributed by atoms with Crippen LogP contribution >= 0.6 is 11.3 Å². The van der Waals surface area contributed by atoms with Crippen LogP contribution in [0.2, 0.25) is 0 Å². The van der Waals surface area contributed by atoms with E-state index in [-0.39, 0.29) is 17.9 Å². The van der Waals surface area contributed by atoms with Crippen LogP contribution in [0.1, 0.15) is 53.2 Å². The van der Waals surface area contributed by atoms with E-state index in [4.69, 9.17) is 4.84 Å². The molecular weight excluding hydrogens is 533 g/mol. The Hall–Kier alpha value is -3.55. The van der Waals surface area contributed by atoms with E-state index in [1.165, 1.54) is 22.3 Å². The van der Waals surface area contributed by atoms with Gasteiger partial charge in [0, 0.05) is 43.9 Å². The molecule has 0 radical (unpaired) electrons. The molecule has 2 aromatic heterocycles. The first-order valence-electron chi connectivity index (χ1n) is 11.8. The molecule has 1 unspecified atom stereocenters. The molecule has 0 spiro atoms. The zero-order chi connectivity index (χ0) is 27.2. The number of hydrogen-bond donors (Lipinski definition) is 0. The molecule has 0 saturated carbocycles. The zero-order valence-corrected chi connectivity index (χ0v) is 20.9. The molecule has 1 saturated heterocycles. The van der Waals surface area contributed by atoms with Crippen molar-refractivity contribution in [3.8, 4) is 0 Å². The normalized spacial score (nSPS) is 18.5. The Morgan fingerprint density at radius 3 is 2.50 bits per heavy atom. The number of halogens is 5. The van der Waals surface area contributed by atoms with Crippen LogP contribution in [0.15, 0.2) is 39.6 Å². The van der Waals surface area contributed by atoms with Gasteiger partial charge in [-0.2, -0.15) is 13.2 Å². The fourth-order valence-electron chi connectivity index (χ4n) is 4.73. The second-order valence-electron chi connectivity index (χ2n) is 9.14. The Balaban J connectivity index is 1.18. The van der Waals surface area contributed by atoms with Gasteiger partial charge in [-0.3, -0.25) is 14.3 Å². The van der Waals surface area contributed by atoms with Gasteiger partial charge in [0.15, 0.2) is 6.10 Å². The minimum absolute atomic E-state index is 0.0510. The molecule has 1 atom stereocenters. The molecule has 1 aromatic carbocycles. The molecule has 2 aliphatic heterocycles. The van der Waals surface area contributed by atoms with Crippen molar-refractivity contribution < 1.29 is 31.6 Å². The third kappa shape index (κ3) is 4.96. The van der Waals surface area contributed by atoms with Crippen LogP contribution in [0, 0.1) is 11.6 Å². The van der Waals surface area contributed by atoms with Gasteiger partial charge in [-0.05, 0) is 25.0 Å². The third-order valence-electron chi connectivity index (χ3n) is 6.81. The SMILES string of the molecule is Cn1c(C(F)(F)F)cc(=O)n1CC(=O)N1CCC(c2nc(C3=NOC(c4c(F)cccc4F)C3)cs2)CC1. The fraction of sp³-hybridized carbons (Fsp3) is 0.417. The van der Waals surface area contributed by atoms with Crippen LogP contribution in [-0.2, 0) is 29.4 Å². The first-order valence-corrected chi connectivity index (χ1v) is 12.6. The van der Waals surface area contributed by atoms with Gasteiger partial charge in [-0.25, -0.2) is 18.4 Å². The van der Waals surface area contributed by atoms with Crippen LogP contribution in [0.3, 0.4) is 0 Å².